The largest absolute Gasteiger partial charge is 0.493 e. The molecule has 0 spiro atoms. The molecule has 3 aromatic rings. The predicted molar refractivity (Wildman–Crippen MR) is 143 cm³/mol. The molecule has 1 N–H and O–H groups in total. The van der Waals surface area contributed by atoms with Crippen LogP contribution in [0.1, 0.15) is 42.9 Å². The Morgan fingerprint density at radius 2 is 1.81 bits per heavy atom. The number of hydrogen-bond acceptors (Lipinski definition) is 5. The number of ether oxygens (including phenoxy) is 3. The lowest BCUT2D eigenvalue weighted by molar-refractivity contribution is -0.137. The highest BCUT2D eigenvalue weighted by molar-refractivity contribution is 5.96. The summed E-state index contributed by atoms with van der Waals surface area (Å²) in [6.45, 7) is 4.68. The van der Waals surface area contributed by atoms with E-state index >= 15 is 0 Å². The van der Waals surface area contributed by atoms with Gasteiger partial charge in [-0.3, -0.25) is 9.59 Å². The molecular weight excluding hydrogens is 468 g/mol. The normalized spacial score (nSPS) is 15.7. The summed E-state index contributed by atoms with van der Waals surface area (Å²) in [7, 11) is 3.21. The van der Waals surface area contributed by atoms with Gasteiger partial charge in [0.1, 0.15) is 5.75 Å². The predicted octanol–water partition coefficient (Wildman–Crippen LogP) is 5.19. The van der Waals surface area contributed by atoms with Gasteiger partial charge in [-0.25, -0.2) is 0 Å². The first-order valence-corrected chi connectivity index (χ1v) is 12.6. The Balaban J connectivity index is 1.49. The molecule has 2 amide bonds. The average molecular weight is 503 g/mol. The van der Waals surface area contributed by atoms with E-state index in [1.807, 2.05) is 73.7 Å². The van der Waals surface area contributed by atoms with Crippen LogP contribution in [0, 0.1) is 0 Å². The Morgan fingerprint density at radius 1 is 1.05 bits per heavy atom. The summed E-state index contributed by atoms with van der Waals surface area (Å²) in [5.74, 6) is 1.61. The second-order valence-corrected chi connectivity index (χ2v) is 9.14. The zero-order valence-corrected chi connectivity index (χ0v) is 21.8. The van der Waals surface area contributed by atoms with Gasteiger partial charge in [-0.2, -0.15) is 0 Å². The van der Waals surface area contributed by atoms with Crippen LogP contribution in [-0.2, 0) is 22.6 Å². The van der Waals surface area contributed by atoms with E-state index in [0.717, 1.165) is 16.7 Å². The van der Waals surface area contributed by atoms with E-state index in [0.29, 0.717) is 48.9 Å². The van der Waals surface area contributed by atoms with Crippen LogP contribution in [0.3, 0.4) is 0 Å². The van der Waals surface area contributed by atoms with Crippen molar-refractivity contribution in [1.82, 2.24) is 4.90 Å². The first kappa shape index (κ1) is 26.1. The highest BCUT2D eigenvalue weighted by Crippen LogP contribution is 2.31. The van der Waals surface area contributed by atoms with E-state index in [2.05, 4.69) is 5.32 Å². The van der Waals surface area contributed by atoms with Gasteiger partial charge in [-0.05, 0) is 61.2 Å². The van der Waals surface area contributed by atoms with Crippen LogP contribution in [0.2, 0.25) is 0 Å². The van der Waals surface area contributed by atoms with Gasteiger partial charge in [-0.1, -0.05) is 43.3 Å². The number of carbonyl (C=O) groups excluding carboxylic acids is 2. The quantitative estimate of drug-likeness (QED) is 0.436. The van der Waals surface area contributed by atoms with E-state index in [4.69, 9.17) is 14.2 Å². The maximum absolute atomic E-state index is 13.1. The van der Waals surface area contributed by atoms with Gasteiger partial charge in [0, 0.05) is 24.3 Å². The van der Waals surface area contributed by atoms with E-state index in [1.165, 1.54) is 0 Å². The average Bonchev–Trinajstić information content (AvgIpc) is 3.03. The zero-order chi connectivity index (χ0) is 26.4. The summed E-state index contributed by atoms with van der Waals surface area (Å²) in [6, 6.07) is 21.1. The van der Waals surface area contributed by atoms with Gasteiger partial charge in [0.2, 0.25) is 5.91 Å². The van der Waals surface area contributed by atoms with Gasteiger partial charge in [-0.15, -0.1) is 0 Å². The number of anilines is 1. The maximum atomic E-state index is 13.1. The summed E-state index contributed by atoms with van der Waals surface area (Å²) in [6.07, 6.45) is 0.745. The number of nitrogens with zero attached hydrogens (tertiary/aromatic N) is 1. The number of carbonyl (C=O) groups is 2. The number of benzene rings is 3. The summed E-state index contributed by atoms with van der Waals surface area (Å²) in [5, 5.41) is 3.06. The van der Waals surface area contributed by atoms with Crippen LogP contribution in [0.5, 0.6) is 17.2 Å². The SMILES string of the molecule is CCC(C(=O)Nc1ccc2c(c1)CN(CCc1ccc(OC)c(OC)c1)C(=O)C(C)O2)c1ccccc1. The summed E-state index contributed by atoms with van der Waals surface area (Å²) < 4.78 is 16.7. The Morgan fingerprint density at radius 3 is 2.51 bits per heavy atom. The summed E-state index contributed by atoms with van der Waals surface area (Å²) >= 11 is 0. The molecule has 3 aromatic carbocycles. The lowest BCUT2D eigenvalue weighted by Crippen LogP contribution is -2.39. The molecule has 0 bridgehead atoms. The molecule has 0 radical (unpaired) electrons. The van der Waals surface area contributed by atoms with Gasteiger partial charge in [0.05, 0.1) is 20.1 Å². The number of fused-ring (bicyclic) bond motifs is 1. The molecule has 4 rings (SSSR count). The number of rotatable bonds is 9. The fourth-order valence-electron chi connectivity index (χ4n) is 4.65. The second-order valence-electron chi connectivity index (χ2n) is 9.14. The molecule has 7 heteroatoms. The third-order valence-electron chi connectivity index (χ3n) is 6.70. The fraction of sp³-hybridized carbons (Fsp3) is 0.333. The van der Waals surface area contributed by atoms with Crippen molar-refractivity contribution >= 4 is 17.5 Å². The highest BCUT2D eigenvalue weighted by Gasteiger charge is 2.28. The van der Waals surface area contributed by atoms with Crippen molar-refractivity contribution in [2.75, 3.05) is 26.1 Å². The third-order valence-corrected chi connectivity index (χ3v) is 6.70. The van der Waals surface area contributed by atoms with Crippen molar-refractivity contribution in [1.29, 1.82) is 0 Å². The Kier molecular flexibility index (Phi) is 8.33. The summed E-state index contributed by atoms with van der Waals surface area (Å²) in [4.78, 5) is 28.0. The number of hydrogen-bond donors (Lipinski definition) is 1. The first-order chi connectivity index (χ1) is 17.9. The Hall–Kier alpha value is -4.00. The van der Waals surface area contributed by atoms with Crippen LogP contribution in [0.15, 0.2) is 66.7 Å². The van der Waals surface area contributed by atoms with Crippen molar-refractivity contribution in [2.45, 2.75) is 45.3 Å². The van der Waals surface area contributed by atoms with Crippen LogP contribution < -0.4 is 19.5 Å². The Bertz CT molecular complexity index is 1240. The van der Waals surface area contributed by atoms with Gasteiger partial charge >= 0.3 is 0 Å². The maximum Gasteiger partial charge on any atom is 0.263 e. The molecule has 2 unspecified atom stereocenters. The molecule has 1 aliphatic heterocycles. The minimum absolute atomic E-state index is 0.0575. The van der Waals surface area contributed by atoms with Gasteiger partial charge in [0.15, 0.2) is 17.6 Å². The number of nitrogens with one attached hydrogen (secondary N) is 1. The third kappa shape index (κ3) is 6.05. The monoisotopic (exact) mass is 502 g/mol. The molecule has 7 nitrogen and oxygen atoms in total. The zero-order valence-electron chi connectivity index (χ0n) is 21.8. The second kappa shape index (κ2) is 11.8. The number of amides is 2. The number of methoxy groups -OCH3 is 2. The molecule has 0 saturated carbocycles. The molecule has 0 aromatic heterocycles. The van der Waals surface area contributed by atoms with Crippen molar-refractivity contribution in [2.24, 2.45) is 0 Å². The van der Waals surface area contributed by atoms with E-state index < -0.39 is 6.10 Å². The van der Waals surface area contributed by atoms with Crippen molar-refractivity contribution in [3.05, 3.63) is 83.4 Å². The van der Waals surface area contributed by atoms with E-state index in [-0.39, 0.29) is 17.7 Å². The molecule has 0 fully saturated rings. The van der Waals surface area contributed by atoms with E-state index in [1.54, 1.807) is 26.0 Å². The first-order valence-electron chi connectivity index (χ1n) is 12.6. The smallest absolute Gasteiger partial charge is 0.263 e. The Labute approximate surface area is 218 Å². The molecule has 0 aliphatic carbocycles. The van der Waals surface area contributed by atoms with Crippen molar-refractivity contribution in [3.63, 3.8) is 0 Å². The van der Waals surface area contributed by atoms with Crippen molar-refractivity contribution in [3.8, 4) is 17.2 Å². The topological polar surface area (TPSA) is 77.1 Å². The van der Waals surface area contributed by atoms with Crippen LogP contribution in [0.25, 0.3) is 0 Å². The molecule has 1 heterocycles. The standard InChI is InChI=1S/C30H34N2O5/c1-5-25(22-9-7-6-8-10-22)29(33)31-24-12-14-26-23(18-24)19-32(30(34)20(2)37-26)16-15-21-11-13-27(35-3)28(17-21)36-4/h6-14,17-18,20,25H,5,15-16,19H2,1-4H3,(H,31,33). The molecule has 0 saturated heterocycles. The fourth-order valence-corrected chi connectivity index (χ4v) is 4.65. The molecular formula is C30H34N2O5. The lowest BCUT2D eigenvalue weighted by Gasteiger charge is -2.22. The molecule has 194 valence electrons. The lowest BCUT2D eigenvalue weighted by atomic mass is 9.95. The molecule has 1 aliphatic rings. The minimum atomic E-state index is -0.602. The minimum Gasteiger partial charge on any atom is -0.493 e. The van der Waals surface area contributed by atoms with Gasteiger partial charge < -0.3 is 24.4 Å². The highest BCUT2D eigenvalue weighted by atomic mass is 16.5. The van der Waals surface area contributed by atoms with E-state index in [9.17, 15) is 9.59 Å². The molecule has 2 atom stereocenters. The van der Waals surface area contributed by atoms with Crippen molar-refractivity contribution < 1.29 is 23.8 Å². The van der Waals surface area contributed by atoms with Crippen LogP contribution >= 0.6 is 0 Å². The van der Waals surface area contributed by atoms with Gasteiger partial charge in [0.25, 0.3) is 5.91 Å². The van der Waals surface area contributed by atoms with Crippen LogP contribution in [-0.4, -0.2) is 43.6 Å². The van der Waals surface area contributed by atoms with Crippen LogP contribution in [0.4, 0.5) is 5.69 Å². The molecule has 37 heavy (non-hydrogen) atoms. The summed E-state index contributed by atoms with van der Waals surface area (Å²) in [5.41, 5.74) is 3.57.